The molecule has 7 heteroatoms. The fourth-order valence-corrected chi connectivity index (χ4v) is 2.95. The van der Waals surface area contributed by atoms with Gasteiger partial charge in [0.05, 0.1) is 17.5 Å². The van der Waals surface area contributed by atoms with E-state index < -0.39 is 35.9 Å². The highest BCUT2D eigenvalue weighted by molar-refractivity contribution is 6.08. The molecule has 0 saturated carbocycles. The maximum atomic E-state index is 13.5. The average Bonchev–Trinajstić information content (AvgIpc) is 2.76. The van der Waals surface area contributed by atoms with Crippen molar-refractivity contribution in [1.29, 1.82) is 0 Å². The molecule has 1 heterocycles. The van der Waals surface area contributed by atoms with Crippen LogP contribution < -0.4 is 5.32 Å². The van der Waals surface area contributed by atoms with Crippen molar-refractivity contribution in [3.63, 3.8) is 0 Å². The Labute approximate surface area is 131 Å². The molecule has 0 spiro atoms. The van der Waals surface area contributed by atoms with Crippen LogP contribution in [0.5, 0.6) is 0 Å². The van der Waals surface area contributed by atoms with Gasteiger partial charge in [0, 0.05) is 6.07 Å². The standard InChI is InChI=1S/C16H14F2N2O3/c17-9-5-6-13(12(18)7-9)19-14(21)8-20-15(22)10-3-1-2-4-11(10)16(20)23/h1-2,5-7,10-11H,3-4,8H2,(H,19,21)/t10-,11+. The Balaban J connectivity index is 1.68. The number of anilines is 1. The van der Waals surface area contributed by atoms with Gasteiger partial charge >= 0.3 is 0 Å². The van der Waals surface area contributed by atoms with Gasteiger partial charge in [-0.3, -0.25) is 19.3 Å². The first-order valence-electron chi connectivity index (χ1n) is 7.22. The molecule has 120 valence electrons. The maximum Gasteiger partial charge on any atom is 0.244 e. The number of nitrogens with one attached hydrogen (secondary N) is 1. The van der Waals surface area contributed by atoms with Gasteiger partial charge in [-0.2, -0.15) is 0 Å². The van der Waals surface area contributed by atoms with Crippen LogP contribution in [-0.4, -0.2) is 29.2 Å². The first-order chi connectivity index (χ1) is 11.0. The molecular weight excluding hydrogens is 306 g/mol. The Kier molecular flexibility index (Phi) is 3.94. The minimum absolute atomic E-state index is 0.199. The van der Waals surface area contributed by atoms with Crippen LogP contribution in [0.15, 0.2) is 30.4 Å². The van der Waals surface area contributed by atoms with E-state index in [0.29, 0.717) is 18.9 Å². The van der Waals surface area contributed by atoms with Crippen LogP contribution in [0.1, 0.15) is 12.8 Å². The lowest BCUT2D eigenvalue weighted by atomic mass is 9.85. The molecule has 1 aliphatic carbocycles. The van der Waals surface area contributed by atoms with Gasteiger partial charge in [0.2, 0.25) is 17.7 Å². The van der Waals surface area contributed by atoms with Crippen LogP contribution in [0.3, 0.4) is 0 Å². The lowest BCUT2D eigenvalue weighted by Crippen LogP contribution is -2.38. The molecule has 5 nitrogen and oxygen atoms in total. The Bertz CT molecular complexity index is 691. The van der Waals surface area contributed by atoms with Crippen molar-refractivity contribution in [2.75, 3.05) is 11.9 Å². The number of amides is 3. The number of allylic oxidation sites excluding steroid dienone is 2. The number of carbonyl (C=O) groups is 3. The molecule has 0 unspecified atom stereocenters. The maximum absolute atomic E-state index is 13.5. The Morgan fingerprint density at radius 1 is 1.13 bits per heavy atom. The molecule has 23 heavy (non-hydrogen) atoms. The Morgan fingerprint density at radius 3 is 2.30 bits per heavy atom. The van der Waals surface area contributed by atoms with Gasteiger partial charge < -0.3 is 5.32 Å². The highest BCUT2D eigenvalue weighted by Gasteiger charge is 2.47. The summed E-state index contributed by atoms with van der Waals surface area (Å²) in [5.74, 6) is -3.97. The average molecular weight is 320 g/mol. The second-order valence-corrected chi connectivity index (χ2v) is 5.59. The highest BCUT2D eigenvalue weighted by atomic mass is 19.1. The number of carbonyl (C=O) groups excluding carboxylic acids is 3. The number of fused-ring (bicyclic) bond motifs is 1. The van der Waals surface area contributed by atoms with Gasteiger partial charge in [-0.05, 0) is 25.0 Å². The first-order valence-corrected chi connectivity index (χ1v) is 7.22. The van der Waals surface area contributed by atoms with Crippen molar-refractivity contribution in [3.05, 3.63) is 42.0 Å². The fourth-order valence-electron chi connectivity index (χ4n) is 2.95. The minimum atomic E-state index is -0.921. The molecule has 1 aromatic carbocycles. The van der Waals surface area contributed by atoms with E-state index in [1.54, 1.807) is 0 Å². The summed E-state index contributed by atoms with van der Waals surface area (Å²) in [5, 5.41) is 2.24. The lowest BCUT2D eigenvalue weighted by Gasteiger charge is -2.14. The molecule has 0 radical (unpaired) electrons. The van der Waals surface area contributed by atoms with Crippen LogP contribution in [0.25, 0.3) is 0 Å². The second-order valence-electron chi connectivity index (χ2n) is 5.59. The number of halogens is 2. The number of rotatable bonds is 3. The Morgan fingerprint density at radius 2 is 1.74 bits per heavy atom. The summed E-state index contributed by atoms with van der Waals surface area (Å²) < 4.78 is 26.3. The zero-order valence-corrected chi connectivity index (χ0v) is 12.1. The zero-order valence-electron chi connectivity index (χ0n) is 12.1. The van der Waals surface area contributed by atoms with Crippen molar-refractivity contribution in [2.24, 2.45) is 11.8 Å². The van der Waals surface area contributed by atoms with E-state index in [9.17, 15) is 23.2 Å². The number of likely N-dealkylation sites (tertiary alicyclic amines) is 1. The fraction of sp³-hybridized carbons (Fsp3) is 0.312. The molecule has 1 aliphatic heterocycles. The molecule has 0 bridgehead atoms. The SMILES string of the molecule is O=C(CN1C(=O)[C@H]2CC=CC[C@H]2C1=O)Nc1ccc(F)cc1F. The van der Waals surface area contributed by atoms with Crippen molar-refractivity contribution >= 4 is 23.4 Å². The summed E-state index contributed by atoms with van der Waals surface area (Å²) in [6.07, 6.45) is 4.67. The van der Waals surface area contributed by atoms with Crippen molar-refractivity contribution < 1.29 is 23.2 Å². The van der Waals surface area contributed by atoms with E-state index in [0.717, 1.165) is 17.0 Å². The highest BCUT2D eigenvalue weighted by Crippen LogP contribution is 2.34. The number of hydrogen-bond donors (Lipinski definition) is 1. The van der Waals surface area contributed by atoms with Gasteiger partial charge in [-0.25, -0.2) is 8.78 Å². The monoisotopic (exact) mass is 320 g/mol. The number of imide groups is 1. The lowest BCUT2D eigenvalue weighted by molar-refractivity contribution is -0.142. The second kappa shape index (κ2) is 5.91. The molecule has 3 rings (SSSR count). The van der Waals surface area contributed by atoms with E-state index >= 15 is 0 Å². The van der Waals surface area contributed by atoms with Gasteiger partial charge in [-0.1, -0.05) is 12.2 Å². The molecular formula is C16H14F2N2O3. The smallest absolute Gasteiger partial charge is 0.244 e. The molecule has 1 saturated heterocycles. The molecule has 3 amide bonds. The number of hydrogen-bond acceptors (Lipinski definition) is 3. The third-order valence-electron chi connectivity index (χ3n) is 4.11. The van der Waals surface area contributed by atoms with Crippen LogP contribution >= 0.6 is 0 Å². The summed E-state index contributed by atoms with van der Waals surface area (Å²) in [6.45, 7) is -0.471. The Hall–Kier alpha value is -2.57. The largest absolute Gasteiger partial charge is 0.322 e. The van der Waals surface area contributed by atoms with Crippen molar-refractivity contribution in [1.82, 2.24) is 4.90 Å². The zero-order chi connectivity index (χ0) is 16.6. The van der Waals surface area contributed by atoms with Crippen molar-refractivity contribution in [2.45, 2.75) is 12.8 Å². The van der Waals surface area contributed by atoms with E-state index in [2.05, 4.69) is 5.32 Å². The van der Waals surface area contributed by atoms with Crippen LogP contribution in [-0.2, 0) is 14.4 Å². The predicted octanol–water partition coefficient (Wildman–Crippen LogP) is 1.85. The van der Waals surface area contributed by atoms with E-state index in [1.165, 1.54) is 0 Å². The number of nitrogens with zero attached hydrogens (tertiary/aromatic N) is 1. The van der Waals surface area contributed by atoms with Gasteiger partial charge in [0.25, 0.3) is 0 Å². The number of benzene rings is 1. The van der Waals surface area contributed by atoms with Crippen molar-refractivity contribution in [3.8, 4) is 0 Å². The molecule has 1 aromatic rings. The predicted molar refractivity (Wildman–Crippen MR) is 77.1 cm³/mol. The summed E-state index contributed by atoms with van der Waals surface area (Å²) >= 11 is 0. The quantitative estimate of drug-likeness (QED) is 0.683. The summed E-state index contributed by atoms with van der Waals surface area (Å²) in [4.78, 5) is 37.3. The normalized spacial score (nSPS) is 23.1. The van der Waals surface area contributed by atoms with Gasteiger partial charge in [0.15, 0.2) is 0 Å². The minimum Gasteiger partial charge on any atom is -0.322 e. The molecule has 0 aromatic heterocycles. The summed E-state index contributed by atoms with van der Waals surface area (Å²) in [5.41, 5.74) is -0.199. The van der Waals surface area contributed by atoms with Crippen LogP contribution in [0.2, 0.25) is 0 Å². The molecule has 1 N–H and O–H groups in total. The molecule has 2 aliphatic rings. The molecule has 2 atom stereocenters. The molecule has 1 fully saturated rings. The van der Waals surface area contributed by atoms with E-state index in [1.807, 2.05) is 12.2 Å². The third-order valence-corrected chi connectivity index (χ3v) is 4.11. The van der Waals surface area contributed by atoms with Crippen LogP contribution in [0, 0.1) is 23.5 Å². The van der Waals surface area contributed by atoms with Crippen LogP contribution in [0.4, 0.5) is 14.5 Å². The third kappa shape index (κ3) is 2.86. The van der Waals surface area contributed by atoms with E-state index in [4.69, 9.17) is 0 Å². The van der Waals surface area contributed by atoms with Gasteiger partial charge in [0.1, 0.15) is 18.2 Å². The first kappa shape index (κ1) is 15.3. The van der Waals surface area contributed by atoms with Gasteiger partial charge in [-0.15, -0.1) is 0 Å². The van der Waals surface area contributed by atoms with E-state index in [-0.39, 0.29) is 17.5 Å². The topological polar surface area (TPSA) is 66.5 Å². The summed E-state index contributed by atoms with van der Waals surface area (Å²) in [7, 11) is 0. The summed E-state index contributed by atoms with van der Waals surface area (Å²) in [6, 6.07) is 2.73.